The van der Waals surface area contributed by atoms with E-state index in [4.69, 9.17) is 37.0 Å². The summed E-state index contributed by atoms with van der Waals surface area (Å²) in [5, 5.41) is 10.6. The number of aliphatic hydroxyl groups is 1. The summed E-state index contributed by atoms with van der Waals surface area (Å²) in [5.41, 5.74) is 0. The summed E-state index contributed by atoms with van der Waals surface area (Å²) in [5.74, 6) is 0.982. The summed E-state index contributed by atoms with van der Waals surface area (Å²) >= 11 is 0. The largest absolute Gasteiger partial charge is 0.472 e. The van der Waals surface area contributed by atoms with Crippen LogP contribution in [0.15, 0.2) is 0 Å². The van der Waals surface area contributed by atoms with Gasteiger partial charge in [0, 0.05) is 25.7 Å². The molecule has 0 rings (SSSR count). The molecule has 17 nitrogen and oxygen atoms in total. The van der Waals surface area contributed by atoms with Crippen molar-refractivity contribution in [1.29, 1.82) is 0 Å². The molecule has 0 amide bonds. The third-order valence-corrected chi connectivity index (χ3v) is 21.4. The van der Waals surface area contributed by atoms with Crippen molar-refractivity contribution in [2.24, 2.45) is 23.7 Å². The van der Waals surface area contributed by atoms with Gasteiger partial charge in [0.2, 0.25) is 0 Å². The monoisotopic (exact) mass is 1470 g/mol. The number of hydrogen-bond donors (Lipinski definition) is 3. The standard InChI is InChI=1S/C81H158O17P2/c1-9-73(7)59-51-43-35-29-25-21-17-13-11-12-14-18-22-26-30-36-45-53-61-78(83)91-68-77(98-81(86)64-56-48-40-39-44-52-60-74(8)10-2)70-96-100(89,90)94-66-75(82)65-93-99(87,88)95-69-76(67-92-79(84)62-54-46-38-32-34-42-50-58-72(5)6)97-80(85)63-55-47-37-31-27-23-19-15-16-20-24-28-33-41-49-57-71(3)4/h71-77,82H,9-70H2,1-8H3,(H,87,88)(H,89,90)/t73?,74?,75?,76-,77-/m1/s1. The minimum absolute atomic E-state index is 0.103. The smallest absolute Gasteiger partial charge is 0.462 e. The fourth-order valence-corrected chi connectivity index (χ4v) is 13.9. The average Bonchev–Trinajstić information content (AvgIpc) is 1.73. The number of ether oxygens (including phenoxy) is 4. The van der Waals surface area contributed by atoms with Crippen LogP contribution >= 0.6 is 15.6 Å². The molecule has 0 aromatic carbocycles. The highest BCUT2D eigenvalue weighted by Crippen LogP contribution is 2.45. The number of rotatable bonds is 78. The number of esters is 4. The molecule has 0 aromatic rings. The molecule has 0 heterocycles. The second-order valence-electron chi connectivity index (χ2n) is 30.6. The Morgan fingerprint density at radius 1 is 0.280 bits per heavy atom. The lowest BCUT2D eigenvalue weighted by molar-refractivity contribution is -0.161. The van der Waals surface area contributed by atoms with Crippen LogP contribution in [0.1, 0.15) is 415 Å². The Bertz CT molecular complexity index is 1960. The van der Waals surface area contributed by atoms with Gasteiger partial charge in [0.05, 0.1) is 26.4 Å². The van der Waals surface area contributed by atoms with Crippen LogP contribution in [-0.4, -0.2) is 96.7 Å². The van der Waals surface area contributed by atoms with Gasteiger partial charge in [-0.25, -0.2) is 9.13 Å². The first-order valence-corrected chi connectivity index (χ1v) is 44.8. The molecule has 0 aliphatic carbocycles. The molecule has 0 fully saturated rings. The Morgan fingerprint density at radius 3 is 0.710 bits per heavy atom. The molecule has 594 valence electrons. The summed E-state index contributed by atoms with van der Waals surface area (Å²) in [7, 11) is -9.92. The predicted octanol–water partition coefficient (Wildman–Crippen LogP) is 24.0. The zero-order valence-electron chi connectivity index (χ0n) is 65.8. The van der Waals surface area contributed by atoms with Crippen LogP contribution < -0.4 is 0 Å². The lowest BCUT2D eigenvalue weighted by Gasteiger charge is -2.21. The van der Waals surface area contributed by atoms with E-state index in [-0.39, 0.29) is 25.7 Å². The van der Waals surface area contributed by atoms with E-state index in [1.165, 1.54) is 212 Å². The van der Waals surface area contributed by atoms with E-state index in [0.29, 0.717) is 31.6 Å². The van der Waals surface area contributed by atoms with Crippen molar-refractivity contribution in [1.82, 2.24) is 0 Å². The molecule has 5 unspecified atom stereocenters. The summed E-state index contributed by atoms with van der Waals surface area (Å²) < 4.78 is 68.6. The maximum Gasteiger partial charge on any atom is 0.472 e. The molecule has 0 bridgehead atoms. The van der Waals surface area contributed by atoms with Gasteiger partial charge in [0.15, 0.2) is 12.2 Å². The molecule has 0 aromatic heterocycles. The number of carbonyl (C=O) groups is 4. The van der Waals surface area contributed by atoms with Crippen molar-refractivity contribution in [3.8, 4) is 0 Å². The molecule has 19 heteroatoms. The highest BCUT2D eigenvalue weighted by molar-refractivity contribution is 7.47. The molecule has 0 spiro atoms. The molecule has 100 heavy (non-hydrogen) atoms. The van der Waals surface area contributed by atoms with Gasteiger partial charge in [-0.3, -0.25) is 37.3 Å². The molecule has 3 N–H and O–H groups in total. The topological polar surface area (TPSA) is 237 Å². The van der Waals surface area contributed by atoms with Crippen LogP contribution in [-0.2, 0) is 65.4 Å². The second-order valence-corrected chi connectivity index (χ2v) is 33.5. The number of aliphatic hydroxyl groups excluding tert-OH is 1. The molecule has 0 aliphatic rings. The fraction of sp³-hybridized carbons (Fsp3) is 0.951. The van der Waals surface area contributed by atoms with Crippen molar-refractivity contribution in [3.63, 3.8) is 0 Å². The van der Waals surface area contributed by atoms with Crippen molar-refractivity contribution in [3.05, 3.63) is 0 Å². The Labute approximate surface area is 613 Å². The van der Waals surface area contributed by atoms with Crippen LogP contribution in [0.25, 0.3) is 0 Å². The maximum absolute atomic E-state index is 13.1. The van der Waals surface area contributed by atoms with E-state index in [0.717, 1.165) is 114 Å². The van der Waals surface area contributed by atoms with E-state index in [2.05, 4.69) is 55.4 Å². The minimum atomic E-state index is -4.96. The van der Waals surface area contributed by atoms with Crippen molar-refractivity contribution >= 4 is 39.5 Å². The van der Waals surface area contributed by atoms with Gasteiger partial charge in [-0.2, -0.15) is 0 Å². The van der Waals surface area contributed by atoms with Gasteiger partial charge >= 0.3 is 39.5 Å². The number of carbonyl (C=O) groups excluding carboxylic acids is 4. The highest BCUT2D eigenvalue weighted by atomic mass is 31.2. The van der Waals surface area contributed by atoms with Crippen LogP contribution in [0.5, 0.6) is 0 Å². The second kappa shape index (κ2) is 70.1. The molecule has 0 saturated carbocycles. The zero-order chi connectivity index (χ0) is 73.8. The number of hydrogen-bond acceptors (Lipinski definition) is 15. The van der Waals surface area contributed by atoms with E-state index < -0.39 is 97.5 Å². The SMILES string of the molecule is CCC(C)CCCCCCCCCCCCCCCCCCCCC(=O)OC[C@H](COP(=O)(O)OCC(O)COP(=O)(O)OC[C@@H](COC(=O)CCCCCCCCCC(C)C)OC(=O)CCCCCCCCCCCCCCCCCC(C)C)OC(=O)CCCCCCCCC(C)CC. The Hall–Kier alpha value is -1.94. The Kier molecular flexibility index (Phi) is 68.7. The van der Waals surface area contributed by atoms with Crippen LogP contribution in [0.3, 0.4) is 0 Å². The average molecular weight is 1470 g/mol. The molecule has 7 atom stereocenters. The summed E-state index contributed by atoms with van der Waals surface area (Å²) in [4.78, 5) is 72.9. The highest BCUT2D eigenvalue weighted by Gasteiger charge is 2.30. The molecule has 0 radical (unpaired) electrons. The van der Waals surface area contributed by atoms with Crippen LogP contribution in [0.2, 0.25) is 0 Å². The van der Waals surface area contributed by atoms with Crippen LogP contribution in [0.4, 0.5) is 0 Å². The van der Waals surface area contributed by atoms with E-state index in [1.807, 2.05) is 0 Å². The van der Waals surface area contributed by atoms with Gasteiger partial charge in [-0.05, 0) is 49.4 Å². The Balaban J connectivity index is 5.13. The first-order chi connectivity index (χ1) is 48.2. The van der Waals surface area contributed by atoms with Gasteiger partial charge in [0.25, 0.3) is 0 Å². The third-order valence-electron chi connectivity index (χ3n) is 19.5. The molecule has 0 saturated heterocycles. The van der Waals surface area contributed by atoms with Gasteiger partial charge < -0.3 is 33.8 Å². The van der Waals surface area contributed by atoms with Crippen LogP contribution in [0, 0.1) is 23.7 Å². The van der Waals surface area contributed by atoms with Gasteiger partial charge in [-0.15, -0.1) is 0 Å². The van der Waals surface area contributed by atoms with E-state index in [9.17, 15) is 43.2 Å². The lowest BCUT2D eigenvalue weighted by atomic mass is 9.99. The van der Waals surface area contributed by atoms with Crippen molar-refractivity contribution < 1.29 is 80.2 Å². The minimum Gasteiger partial charge on any atom is -0.462 e. The number of phosphoric ester groups is 2. The van der Waals surface area contributed by atoms with E-state index >= 15 is 0 Å². The third kappa shape index (κ3) is 71.7. The van der Waals surface area contributed by atoms with Crippen molar-refractivity contribution in [2.45, 2.75) is 433 Å². The maximum atomic E-state index is 13.1. The first-order valence-electron chi connectivity index (χ1n) is 41.8. The first kappa shape index (κ1) is 98.1. The zero-order valence-corrected chi connectivity index (χ0v) is 67.6. The quantitative estimate of drug-likeness (QED) is 0.0222. The molecule has 0 aliphatic heterocycles. The van der Waals surface area contributed by atoms with Gasteiger partial charge in [0.1, 0.15) is 19.3 Å². The summed E-state index contributed by atoms with van der Waals surface area (Å²) in [6.45, 7) is 14.2. The van der Waals surface area contributed by atoms with Crippen molar-refractivity contribution in [2.75, 3.05) is 39.6 Å². The summed E-state index contributed by atoms with van der Waals surface area (Å²) in [6.07, 6.45) is 57.2. The van der Waals surface area contributed by atoms with Gasteiger partial charge in [-0.1, -0.05) is 364 Å². The normalized spacial score (nSPS) is 14.6. The number of phosphoric acid groups is 2. The summed E-state index contributed by atoms with van der Waals surface area (Å²) in [6, 6.07) is 0. The fourth-order valence-electron chi connectivity index (χ4n) is 12.4. The lowest BCUT2D eigenvalue weighted by Crippen LogP contribution is -2.30. The molecular formula is C81H158O17P2. The molecular weight excluding hydrogens is 1310 g/mol. The predicted molar refractivity (Wildman–Crippen MR) is 409 cm³/mol. The Morgan fingerprint density at radius 2 is 0.480 bits per heavy atom. The van der Waals surface area contributed by atoms with E-state index in [1.54, 1.807) is 0 Å². The number of unbranched alkanes of at least 4 members (excludes halogenated alkanes) is 42.